The Hall–Kier alpha value is -3.19. The molecule has 0 aliphatic carbocycles. The molecule has 0 unspecified atom stereocenters. The van der Waals surface area contributed by atoms with Crippen molar-refractivity contribution in [3.05, 3.63) is 66.3 Å². The first-order valence-corrected chi connectivity index (χ1v) is 8.79. The number of hydrogen-bond donors (Lipinski definition) is 2. The Balaban J connectivity index is 1.51. The van der Waals surface area contributed by atoms with Crippen LogP contribution in [0.5, 0.6) is 0 Å². The van der Waals surface area contributed by atoms with Crippen molar-refractivity contribution >= 4 is 11.7 Å². The number of β-amino-alcohol motifs (C(OH)–C–C–N with tert-alkyl or cyclic N) is 1. The number of nitrogens with one attached hydrogen (secondary N) is 1. The fraction of sp³-hybridized carbons (Fsp3) is 0.250. The van der Waals surface area contributed by atoms with Crippen LogP contribution in [-0.2, 0) is 5.60 Å². The molecule has 0 saturated carbocycles. The molecule has 2 amide bonds. The standard InChI is InChI=1S/C20H20N4O3/c1-14-21-18(27-23-14)20(26)11-12-24(13-20)19(25)22-17-10-6-5-9-16(17)15-7-3-2-4-8-15/h2-10,26H,11-13H2,1H3,(H,22,25)/t20-/m1/s1. The number of aromatic nitrogens is 2. The van der Waals surface area contributed by atoms with Gasteiger partial charge in [-0.15, -0.1) is 0 Å². The second-order valence-corrected chi connectivity index (χ2v) is 6.69. The summed E-state index contributed by atoms with van der Waals surface area (Å²) in [6, 6.07) is 17.2. The van der Waals surface area contributed by atoms with Gasteiger partial charge in [-0.05, 0) is 18.6 Å². The van der Waals surface area contributed by atoms with Crippen molar-refractivity contribution in [3.63, 3.8) is 0 Å². The Morgan fingerprint density at radius 3 is 2.67 bits per heavy atom. The predicted molar refractivity (Wildman–Crippen MR) is 100 cm³/mol. The van der Waals surface area contributed by atoms with Gasteiger partial charge in [0.1, 0.15) is 0 Å². The van der Waals surface area contributed by atoms with Crippen molar-refractivity contribution in [2.24, 2.45) is 0 Å². The van der Waals surface area contributed by atoms with Gasteiger partial charge in [-0.1, -0.05) is 53.7 Å². The number of urea groups is 1. The Labute approximate surface area is 156 Å². The number of anilines is 1. The van der Waals surface area contributed by atoms with Crippen molar-refractivity contribution in [3.8, 4) is 11.1 Å². The van der Waals surface area contributed by atoms with Crippen molar-refractivity contribution in [1.82, 2.24) is 15.0 Å². The van der Waals surface area contributed by atoms with Gasteiger partial charge >= 0.3 is 6.03 Å². The monoisotopic (exact) mass is 364 g/mol. The van der Waals surface area contributed by atoms with Crippen LogP contribution in [0.15, 0.2) is 59.1 Å². The number of likely N-dealkylation sites (tertiary alicyclic amines) is 1. The Morgan fingerprint density at radius 1 is 1.19 bits per heavy atom. The zero-order chi connectivity index (χ0) is 18.9. The van der Waals surface area contributed by atoms with Crippen LogP contribution in [0.2, 0.25) is 0 Å². The van der Waals surface area contributed by atoms with Crippen LogP contribution < -0.4 is 5.32 Å². The SMILES string of the molecule is Cc1noc([C@@]2(O)CCN(C(=O)Nc3ccccc3-c3ccccc3)C2)n1. The highest BCUT2D eigenvalue weighted by Gasteiger charge is 2.44. The highest BCUT2D eigenvalue weighted by atomic mass is 16.5. The van der Waals surface area contributed by atoms with Crippen molar-refractivity contribution in [2.75, 3.05) is 18.4 Å². The average molecular weight is 364 g/mol. The Kier molecular flexibility index (Phi) is 4.37. The molecule has 2 heterocycles. The number of benzene rings is 2. The van der Waals surface area contributed by atoms with Gasteiger partial charge in [0.2, 0.25) is 0 Å². The summed E-state index contributed by atoms with van der Waals surface area (Å²) in [7, 11) is 0. The maximum atomic E-state index is 12.8. The molecular weight excluding hydrogens is 344 g/mol. The summed E-state index contributed by atoms with van der Waals surface area (Å²) in [5.74, 6) is 0.609. The fourth-order valence-electron chi connectivity index (χ4n) is 3.28. The number of aryl methyl sites for hydroxylation is 1. The summed E-state index contributed by atoms with van der Waals surface area (Å²) in [5.41, 5.74) is 1.37. The van der Waals surface area contributed by atoms with E-state index in [4.69, 9.17) is 4.52 Å². The van der Waals surface area contributed by atoms with Crippen molar-refractivity contribution in [1.29, 1.82) is 0 Å². The fourth-order valence-corrected chi connectivity index (χ4v) is 3.28. The lowest BCUT2D eigenvalue weighted by Gasteiger charge is -2.21. The minimum atomic E-state index is -1.31. The predicted octanol–water partition coefficient (Wildman–Crippen LogP) is 3.17. The summed E-state index contributed by atoms with van der Waals surface area (Å²) in [6.45, 7) is 2.20. The average Bonchev–Trinajstić information content (AvgIpc) is 3.30. The molecule has 1 aromatic heterocycles. The lowest BCUT2D eigenvalue weighted by atomic mass is 10.0. The molecule has 1 aliphatic rings. The number of carbonyl (C=O) groups excluding carboxylic acids is 1. The normalized spacial score (nSPS) is 19.3. The molecule has 138 valence electrons. The maximum Gasteiger partial charge on any atom is 0.321 e. The third-order valence-corrected chi connectivity index (χ3v) is 4.71. The second-order valence-electron chi connectivity index (χ2n) is 6.69. The quantitative estimate of drug-likeness (QED) is 0.745. The van der Waals surface area contributed by atoms with Gasteiger partial charge in [-0.25, -0.2) is 4.79 Å². The van der Waals surface area contributed by atoms with Crippen LogP contribution in [0.4, 0.5) is 10.5 Å². The minimum absolute atomic E-state index is 0.105. The molecule has 0 bridgehead atoms. The first-order valence-electron chi connectivity index (χ1n) is 8.79. The number of aliphatic hydroxyl groups is 1. The molecule has 27 heavy (non-hydrogen) atoms. The first kappa shape index (κ1) is 17.2. The number of rotatable bonds is 3. The lowest BCUT2D eigenvalue weighted by molar-refractivity contribution is 0.0171. The second kappa shape index (κ2) is 6.85. The van der Waals surface area contributed by atoms with Crippen LogP contribution in [0.1, 0.15) is 18.1 Å². The van der Waals surface area contributed by atoms with Crippen LogP contribution in [0, 0.1) is 6.92 Å². The molecule has 1 aliphatic heterocycles. The van der Waals surface area contributed by atoms with Gasteiger partial charge < -0.3 is 19.8 Å². The number of para-hydroxylation sites is 1. The molecule has 2 aromatic carbocycles. The van der Waals surface area contributed by atoms with E-state index in [1.165, 1.54) is 0 Å². The van der Waals surface area contributed by atoms with E-state index in [2.05, 4.69) is 15.5 Å². The molecule has 1 fully saturated rings. The molecule has 1 saturated heterocycles. The molecule has 7 heteroatoms. The van der Waals surface area contributed by atoms with E-state index in [1.807, 2.05) is 54.6 Å². The van der Waals surface area contributed by atoms with E-state index in [9.17, 15) is 9.90 Å². The first-order chi connectivity index (χ1) is 13.0. The third-order valence-electron chi connectivity index (χ3n) is 4.71. The molecule has 0 radical (unpaired) electrons. The highest BCUT2D eigenvalue weighted by Crippen LogP contribution is 2.32. The van der Waals surface area contributed by atoms with Gasteiger partial charge in [-0.2, -0.15) is 4.98 Å². The van der Waals surface area contributed by atoms with Crippen LogP contribution in [0.25, 0.3) is 11.1 Å². The third kappa shape index (κ3) is 3.41. The number of hydrogen-bond acceptors (Lipinski definition) is 5. The van der Waals surface area contributed by atoms with Gasteiger partial charge in [0, 0.05) is 18.5 Å². The van der Waals surface area contributed by atoms with E-state index in [1.54, 1.807) is 11.8 Å². The Bertz CT molecular complexity index is 957. The summed E-state index contributed by atoms with van der Waals surface area (Å²) < 4.78 is 5.11. The van der Waals surface area contributed by atoms with Gasteiger partial charge in [-0.3, -0.25) is 0 Å². The van der Waals surface area contributed by atoms with E-state index >= 15 is 0 Å². The highest BCUT2D eigenvalue weighted by molar-refractivity contribution is 5.94. The van der Waals surface area contributed by atoms with E-state index in [0.717, 1.165) is 16.8 Å². The van der Waals surface area contributed by atoms with Crippen LogP contribution in [-0.4, -0.2) is 39.3 Å². The zero-order valence-electron chi connectivity index (χ0n) is 14.9. The zero-order valence-corrected chi connectivity index (χ0v) is 14.9. The minimum Gasteiger partial charge on any atom is -0.378 e. The molecule has 4 rings (SSSR count). The maximum absolute atomic E-state index is 12.8. The lowest BCUT2D eigenvalue weighted by Crippen LogP contribution is -2.37. The van der Waals surface area contributed by atoms with E-state index in [-0.39, 0.29) is 18.5 Å². The van der Waals surface area contributed by atoms with Crippen molar-refractivity contribution < 1.29 is 14.4 Å². The molecule has 0 spiro atoms. The molecule has 2 N–H and O–H groups in total. The molecule has 1 atom stereocenters. The van der Waals surface area contributed by atoms with Crippen LogP contribution >= 0.6 is 0 Å². The molecule has 3 aromatic rings. The molecule has 7 nitrogen and oxygen atoms in total. The van der Waals surface area contributed by atoms with E-state index < -0.39 is 5.60 Å². The smallest absolute Gasteiger partial charge is 0.321 e. The summed E-state index contributed by atoms with van der Waals surface area (Å²) in [4.78, 5) is 18.4. The summed E-state index contributed by atoms with van der Waals surface area (Å²) >= 11 is 0. The van der Waals surface area contributed by atoms with Gasteiger partial charge in [0.05, 0.1) is 12.2 Å². The Morgan fingerprint density at radius 2 is 1.93 bits per heavy atom. The van der Waals surface area contributed by atoms with Crippen LogP contribution in [0.3, 0.4) is 0 Å². The van der Waals surface area contributed by atoms with E-state index in [0.29, 0.717) is 18.8 Å². The largest absolute Gasteiger partial charge is 0.378 e. The number of nitrogens with zero attached hydrogens (tertiary/aromatic N) is 3. The topological polar surface area (TPSA) is 91.5 Å². The van der Waals surface area contributed by atoms with Gasteiger partial charge in [0.25, 0.3) is 5.89 Å². The van der Waals surface area contributed by atoms with Crippen molar-refractivity contribution in [2.45, 2.75) is 18.9 Å². The summed E-state index contributed by atoms with van der Waals surface area (Å²) in [6.07, 6.45) is 0.350. The summed E-state index contributed by atoms with van der Waals surface area (Å²) in [5, 5.41) is 17.5. The number of carbonyl (C=O) groups is 1. The van der Waals surface area contributed by atoms with Gasteiger partial charge in [0.15, 0.2) is 11.4 Å². The number of amides is 2. The molecular formula is C20H20N4O3.